The zero-order chi connectivity index (χ0) is 40.8. The van der Waals surface area contributed by atoms with Crippen molar-refractivity contribution >= 4 is 23.4 Å². The predicted molar refractivity (Wildman–Crippen MR) is 206 cm³/mol. The molecule has 3 fully saturated rings. The van der Waals surface area contributed by atoms with E-state index in [1.165, 1.54) is 0 Å². The minimum absolute atomic E-state index is 0.00990. The van der Waals surface area contributed by atoms with Gasteiger partial charge in [-0.2, -0.15) is 0 Å². The molecule has 4 N–H and O–H groups in total. The van der Waals surface area contributed by atoms with Crippen LogP contribution in [0, 0.1) is 35.5 Å². The summed E-state index contributed by atoms with van der Waals surface area (Å²) in [5.41, 5.74) is 1.62. The largest absolute Gasteiger partial charge is 0.456 e. The number of amides is 1. The first-order valence-electron chi connectivity index (χ1n) is 20.4. The average Bonchev–Trinajstić information content (AvgIpc) is 3.14. The highest BCUT2D eigenvalue weighted by Gasteiger charge is 2.55. The number of fused-ring (bicyclic) bond motifs is 3. The Bertz CT molecular complexity index is 1440. The molecule has 0 aromatic rings. The van der Waals surface area contributed by atoms with E-state index in [4.69, 9.17) is 14.2 Å². The third-order valence-corrected chi connectivity index (χ3v) is 12.6. The van der Waals surface area contributed by atoms with Gasteiger partial charge in [0.25, 0.3) is 11.7 Å². The van der Waals surface area contributed by atoms with Crippen LogP contribution < -0.4 is 0 Å². The van der Waals surface area contributed by atoms with Crippen molar-refractivity contribution in [2.75, 3.05) is 13.7 Å². The standard InChI is InChI=1S/C43H67NO11/c1-9-12-31-19-25(3)17-24(2)18-26(4)39-36(48)21-28(6)43(52,55-39)40(49)41(50)44-16-11-10-13-32(44)42(51)54-38(29(7)34(46)23-35(31)47)27(5)20-30-14-15-33(45)37(22-30)53-8/h9,19-20,24,26,28-34,36-39,45-46,48,52H,1,10-18,21-23H2,2-8H3/b25-19+,27-20+/t24?,26?,28-,29-,30+,31-,32+,33?,34+,36+,37-,38-,39-,43-/m1/s1. The Kier molecular flexibility index (Phi) is 16.0. The Morgan fingerprint density at radius 3 is 2.36 bits per heavy atom. The van der Waals surface area contributed by atoms with Crippen LogP contribution in [0.5, 0.6) is 0 Å². The third kappa shape index (κ3) is 10.8. The SMILES string of the molecule is C=CC[C@@H]1/C=C(\C)CC(C)CC(C)[C@H]2O[C@@](O)(C(=O)C(=O)N3CCCC[C@H]3C(=O)O[C@H](/C(C)=C/[C@@H]3CCC(O)[C@H](OC)C3)[C@H](C)[C@@H](O)CC1=O)[C@H](C)C[C@@H]2O. The number of methoxy groups -OCH3 is 1. The van der Waals surface area contributed by atoms with Crippen molar-refractivity contribution < 1.29 is 53.8 Å². The van der Waals surface area contributed by atoms with Gasteiger partial charge in [-0.1, -0.05) is 51.5 Å². The van der Waals surface area contributed by atoms with Gasteiger partial charge in [-0.3, -0.25) is 14.4 Å². The molecule has 1 saturated carbocycles. The summed E-state index contributed by atoms with van der Waals surface area (Å²) >= 11 is 0. The quantitative estimate of drug-likeness (QED) is 0.174. The summed E-state index contributed by atoms with van der Waals surface area (Å²) in [4.78, 5) is 57.3. The van der Waals surface area contributed by atoms with Crippen molar-refractivity contribution in [2.24, 2.45) is 35.5 Å². The number of ether oxygens (including phenoxy) is 3. The molecule has 1 aliphatic carbocycles. The van der Waals surface area contributed by atoms with Gasteiger partial charge in [0.1, 0.15) is 17.9 Å². The van der Waals surface area contributed by atoms with Crippen molar-refractivity contribution in [3.05, 3.63) is 36.0 Å². The molecule has 3 heterocycles. The normalized spacial score (nSPS) is 42.0. The molecule has 3 unspecified atom stereocenters. The van der Waals surface area contributed by atoms with E-state index >= 15 is 0 Å². The maximum atomic E-state index is 14.2. The molecule has 4 aliphatic rings. The number of cyclic esters (lactones) is 1. The lowest BCUT2D eigenvalue weighted by molar-refractivity contribution is -0.292. The average molecular weight is 774 g/mol. The first kappa shape index (κ1) is 45.0. The molecule has 0 aromatic heterocycles. The Morgan fingerprint density at radius 1 is 0.982 bits per heavy atom. The number of aliphatic hydroxyl groups excluding tert-OH is 3. The van der Waals surface area contributed by atoms with Gasteiger partial charge < -0.3 is 39.5 Å². The molecule has 2 bridgehead atoms. The van der Waals surface area contributed by atoms with Crippen LogP contribution in [0.3, 0.4) is 0 Å². The first-order valence-corrected chi connectivity index (χ1v) is 20.4. The molecule has 0 spiro atoms. The van der Waals surface area contributed by atoms with Crippen LogP contribution in [-0.4, -0.2) is 111 Å². The first-order chi connectivity index (χ1) is 25.9. The Balaban J connectivity index is 1.75. The summed E-state index contributed by atoms with van der Waals surface area (Å²) in [7, 11) is 1.56. The molecule has 0 aromatic carbocycles. The smallest absolute Gasteiger partial charge is 0.329 e. The summed E-state index contributed by atoms with van der Waals surface area (Å²) < 4.78 is 17.8. The van der Waals surface area contributed by atoms with E-state index < -0.39 is 77.8 Å². The number of piperidine rings is 1. The van der Waals surface area contributed by atoms with E-state index in [0.717, 1.165) is 10.5 Å². The second-order valence-electron chi connectivity index (χ2n) is 17.3. The summed E-state index contributed by atoms with van der Waals surface area (Å²) in [6.07, 6.45) is 5.07. The van der Waals surface area contributed by atoms with Crippen LogP contribution in [0.1, 0.15) is 112 Å². The fourth-order valence-corrected chi connectivity index (χ4v) is 9.40. The lowest BCUT2D eigenvalue weighted by Gasteiger charge is -2.46. The lowest BCUT2D eigenvalue weighted by Crippen LogP contribution is -2.63. The van der Waals surface area contributed by atoms with Crippen LogP contribution in [0.4, 0.5) is 0 Å². The number of hydrogen-bond acceptors (Lipinski definition) is 11. The maximum Gasteiger partial charge on any atom is 0.329 e. The van der Waals surface area contributed by atoms with Crippen molar-refractivity contribution in [3.8, 4) is 0 Å². The van der Waals surface area contributed by atoms with Crippen molar-refractivity contribution in [3.63, 3.8) is 0 Å². The number of carbonyl (C=O) groups excluding carboxylic acids is 4. The van der Waals surface area contributed by atoms with E-state index in [0.29, 0.717) is 56.9 Å². The van der Waals surface area contributed by atoms with Crippen LogP contribution in [0.2, 0.25) is 0 Å². The van der Waals surface area contributed by atoms with Gasteiger partial charge in [0.15, 0.2) is 0 Å². The molecule has 12 nitrogen and oxygen atoms in total. The number of allylic oxidation sites excluding steroid dienone is 4. The highest BCUT2D eigenvalue weighted by atomic mass is 16.6. The van der Waals surface area contributed by atoms with Gasteiger partial charge in [0.05, 0.1) is 30.5 Å². The van der Waals surface area contributed by atoms with Gasteiger partial charge in [-0.05, 0) is 101 Å². The highest BCUT2D eigenvalue weighted by Crippen LogP contribution is 2.39. The second-order valence-corrected chi connectivity index (χ2v) is 17.3. The number of Topliss-reactive ketones (excluding diaryl/α,β-unsaturated/α-hetero) is 2. The van der Waals surface area contributed by atoms with Gasteiger partial charge in [0, 0.05) is 37.8 Å². The molecule has 14 atom stereocenters. The van der Waals surface area contributed by atoms with Gasteiger partial charge in [-0.25, -0.2) is 4.79 Å². The van der Waals surface area contributed by atoms with Gasteiger partial charge in [0.2, 0.25) is 5.79 Å². The number of ketones is 2. The van der Waals surface area contributed by atoms with Crippen LogP contribution in [0.15, 0.2) is 36.0 Å². The number of hydrogen-bond donors (Lipinski definition) is 4. The zero-order valence-corrected chi connectivity index (χ0v) is 34.0. The lowest BCUT2D eigenvalue weighted by atomic mass is 9.79. The monoisotopic (exact) mass is 773 g/mol. The number of nitrogens with zero attached hydrogens (tertiary/aromatic N) is 1. The van der Waals surface area contributed by atoms with Gasteiger partial charge >= 0.3 is 5.97 Å². The predicted octanol–water partition coefficient (Wildman–Crippen LogP) is 4.61. The summed E-state index contributed by atoms with van der Waals surface area (Å²) in [6, 6.07) is -1.14. The Hall–Kier alpha value is -2.74. The summed E-state index contributed by atoms with van der Waals surface area (Å²) in [5.74, 6) is -8.08. The number of rotatable bonds is 5. The molecule has 310 valence electrons. The van der Waals surface area contributed by atoms with E-state index in [9.17, 15) is 39.6 Å². The highest BCUT2D eigenvalue weighted by molar-refractivity contribution is 6.39. The maximum absolute atomic E-state index is 14.2. The zero-order valence-electron chi connectivity index (χ0n) is 34.0. The topological polar surface area (TPSA) is 180 Å². The third-order valence-electron chi connectivity index (χ3n) is 12.6. The van der Waals surface area contributed by atoms with Crippen molar-refractivity contribution in [2.45, 2.75) is 161 Å². The minimum atomic E-state index is -2.51. The summed E-state index contributed by atoms with van der Waals surface area (Å²) in [6.45, 7) is 14.9. The second kappa shape index (κ2) is 19.6. The molecule has 1 amide bonds. The van der Waals surface area contributed by atoms with Crippen molar-refractivity contribution in [1.82, 2.24) is 4.90 Å². The number of aliphatic hydroxyl groups is 4. The van der Waals surface area contributed by atoms with Crippen LogP contribution in [0.25, 0.3) is 0 Å². The van der Waals surface area contributed by atoms with E-state index in [1.54, 1.807) is 27.0 Å². The molecule has 0 radical (unpaired) electrons. The van der Waals surface area contributed by atoms with Crippen LogP contribution >= 0.6 is 0 Å². The molecule has 4 rings (SSSR count). The van der Waals surface area contributed by atoms with Crippen LogP contribution in [-0.2, 0) is 33.4 Å². The number of esters is 1. The van der Waals surface area contributed by atoms with E-state index in [2.05, 4.69) is 6.58 Å². The molecule has 3 aliphatic heterocycles. The Labute approximate surface area is 327 Å². The van der Waals surface area contributed by atoms with E-state index in [-0.39, 0.29) is 55.4 Å². The fraction of sp³-hybridized carbons (Fsp3) is 0.767. The van der Waals surface area contributed by atoms with E-state index in [1.807, 2.05) is 39.8 Å². The minimum Gasteiger partial charge on any atom is -0.456 e. The van der Waals surface area contributed by atoms with Gasteiger partial charge in [-0.15, -0.1) is 6.58 Å². The molecule has 2 saturated heterocycles. The molecular formula is C43H67NO11. The fourth-order valence-electron chi connectivity index (χ4n) is 9.40. The number of carbonyl (C=O) groups is 4. The molecule has 12 heteroatoms. The molecule has 55 heavy (non-hydrogen) atoms. The molecular weight excluding hydrogens is 706 g/mol. The Morgan fingerprint density at radius 2 is 1.69 bits per heavy atom. The van der Waals surface area contributed by atoms with Crippen molar-refractivity contribution in [1.29, 1.82) is 0 Å². The summed E-state index contributed by atoms with van der Waals surface area (Å²) in [5, 5.41) is 45.0.